The van der Waals surface area contributed by atoms with E-state index in [9.17, 15) is 14.4 Å². The van der Waals surface area contributed by atoms with E-state index in [0.717, 1.165) is 17.4 Å². The highest BCUT2D eigenvalue weighted by Crippen LogP contribution is 2.51. The standard InChI is InChI=1S/C26H31NO6.C7H15NO2/c1-15(2)16(3)27-24(29)10-7-17-11-19-20(14-28)25(33-26(19)23(12-17)32-6)18-8-9-21(30-4)22(13-18)31-5;1-5(2)6(8-3)7(9)10-4/h7-16,20,25H,1-6H3,(H,27,29);5-6,8H,1-4H3/b10-7+;. The highest BCUT2D eigenvalue weighted by molar-refractivity contribution is 5.92. The second-order valence-corrected chi connectivity index (χ2v) is 10.9. The number of hydrogen-bond acceptors (Lipinski definition) is 9. The Morgan fingerprint density at radius 3 is 2.02 bits per heavy atom. The fourth-order valence-corrected chi connectivity index (χ4v) is 4.54. The van der Waals surface area contributed by atoms with Crippen LogP contribution < -0.4 is 29.6 Å². The van der Waals surface area contributed by atoms with Crippen molar-refractivity contribution in [1.29, 1.82) is 0 Å². The van der Waals surface area contributed by atoms with E-state index in [1.807, 2.05) is 32.9 Å². The van der Waals surface area contributed by atoms with Crippen LogP contribution >= 0.6 is 0 Å². The van der Waals surface area contributed by atoms with Gasteiger partial charge in [-0.1, -0.05) is 33.8 Å². The molecule has 0 saturated carbocycles. The van der Waals surface area contributed by atoms with Crippen LogP contribution in [0.2, 0.25) is 0 Å². The second kappa shape index (κ2) is 16.6. The Bertz CT molecular complexity index is 1270. The van der Waals surface area contributed by atoms with E-state index in [0.29, 0.717) is 34.5 Å². The lowest BCUT2D eigenvalue weighted by atomic mass is 9.91. The molecule has 1 amide bonds. The van der Waals surface area contributed by atoms with Gasteiger partial charge in [0.05, 0.1) is 34.4 Å². The number of likely N-dealkylation sites (N-methyl/N-ethyl adjacent to an activating group) is 1. The third kappa shape index (κ3) is 8.97. The number of fused-ring (bicyclic) bond motifs is 1. The van der Waals surface area contributed by atoms with Crippen LogP contribution in [0, 0.1) is 11.8 Å². The first kappa shape index (κ1) is 35.1. The van der Waals surface area contributed by atoms with E-state index in [1.165, 1.54) is 13.2 Å². The summed E-state index contributed by atoms with van der Waals surface area (Å²) in [7, 11) is 7.82. The average Bonchev–Trinajstić information content (AvgIpc) is 3.38. The lowest BCUT2D eigenvalue weighted by Crippen LogP contribution is -2.39. The molecule has 43 heavy (non-hydrogen) atoms. The number of esters is 1. The van der Waals surface area contributed by atoms with E-state index in [-0.39, 0.29) is 29.9 Å². The minimum absolute atomic E-state index is 0.0618. The quantitative estimate of drug-likeness (QED) is 0.203. The summed E-state index contributed by atoms with van der Waals surface area (Å²) < 4.78 is 27.0. The summed E-state index contributed by atoms with van der Waals surface area (Å²) in [6.45, 7) is 10.0. The van der Waals surface area contributed by atoms with E-state index < -0.39 is 12.0 Å². The van der Waals surface area contributed by atoms with Gasteiger partial charge in [-0.25, -0.2) is 0 Å². The van der Waals surface area contributed by atoms with Crippen LogP contribution in [-0.4, -0.2) is 65.7 Å². The Labute approximate surface area is 255 Å². The summed E-state index contributed by atoms with van der Waals surface area (Å²) in [4.78, 5) is 35.3. The third-order valence-corrected chi connectivity index (χ3v) is 7.37. The molecule has 10 nitrogen and oxygen atoms in total. The lowest BCUT2D eigenvalue weighted by Gasteiger charge is -2.17. The number of hydrogen-bond donors (Lipinski definition) is 2. The number of amides is 1. The van der Waals surface area contributed by atoms with Crippen molar-refractivity contribution in [3.63, 3.8) is 0 Å². The van der Waals surface area contributed by atoms with Crippen LogP contribution in [0.15, 0.2) is 36.4 Å². The molecule has 2 aromatic rings. The highest BCUT2D eigenvalue weighted by atomic mass is 16.5. The molecule has 0 aromatic heterocycles. The molecule has 0 aliphatic carbocycles. The molecular formula is C33H46N2O8. The Balaban J connectivity index is 0.000000553. The molecule has 3 rings (SSSR count). The molecule has 4 atom stereocenters. The van der Waals surface area contributed by atoms with Crippen molar-refractivity contribution in [3.05, 3.63) is 53.1 Å². The van der Waals surface area contributed by atoms with Crippen LogP contribution in [0.5, 0.6) is 23.0 Å². The molecule has 1 heterocycles. The average molecular weight is 599 g/mol. The zero-order valence-corrected chi connectivity index (χ0v) is 26.8. The first-order valence-corrected chi connectivity index (χ1v) is 14.3. The monoisotopic (exact) mass is 598 g/mol. The fourth-order valence-electron chi connectivity index (χ4n) is 4.54. The molecular weight excluding hydrogens is 552 g/mol. The number of rotatable bonds is 12. The van der Waals surface area contributed by atoms with Crippen molar-refractivity contribution in [2.75, 3.05) is 35.5 Å². The largest absolute Gasteiger partial charge is 0.493 e. The number of benzene rings is 2. The van der Waals surface area contributed by atoms with E-state index >= 15 is 0 Å². The molecule has 2 aromatic carbocycles. The van der Waals surface area contributed by atoms with E-state index in [2.05, 4.69) is 29.2 Å². The van der Waals surface area contributed by atoms with Crippen LogP contribution in [0.1, 0.15) is 63.3 Å². The topological polar surface area (TPSA) is 121 Å². The van der Waals surface area contributed by atoms with Crippen molar-refractivity contribution < 1.29 is 38.1 Å². The van der Waals surface area contributed by atoms with Gasteiger partial charge in [0.2, 0.25) is 5.91 Å². The predicted octanol–water partition coefficient (Wildman–Crippen LogP) is 4.71. The first-order valence-electron chi connectivity index (χ1n) is 14.3. The lowest BCUT2D eigenvalue weighted by molar-refractivity contribution is -0.144. The summed E-state index contributed by atoms with van der Waals surface area (Å²) in [6, 6.07) is 8.96. The van der Waals surface area contributed by atoms with Crippen LogP contribution in [0.4, 0.5) is 0 Å². The van der Waals surface area contributed by atoms with Gasteiger partial charge in [-0.3, -0.25) is 9.59 Å². The van der Waals surface area contributed by atoms with E-state index in [1.54, 1.807) is 52.7 Å². The van der Waals surface area contributed by atoms with Crippen molar-refractivity contribution in [2.45, 2.75) is 58.7 Å². The Hall–Kier alpha value is -4.05. The van der Waals surface area contributed by atoms with Gasteiger partial charge in [0.15, 0.2) is 23.0 Å². The smallest absolute Gasteiger partial charge is 0.323 e. The molecule has 236 valence electrons. The highest BCUT2D eigenvalue weighted by Gasteiger charge is 2.38. The van der Waals surface area contributed by atoms with Gasteiger partial charge in [-0.15, -0.1) is 0 Å². The number of carbonyl (C=O) groups excluding carboxylic acids is 3. The van der Waals surface area contributed by atoms with Gasteiger partial charge in [-0.05, 0) is 67.3 Å². The Morgan fingerprint density at radius 2 is 1.53 bits per heavy atom. The summed E-state index contributed by atoms with van der Waals surface area (Å²) in [6.07, 6.45) is 3.52. The van der Waals surface area contributed by atoms with Gasteiger partial charge < -0.3 is 39.1 Å². The van der Waals surface area contributed by atoms with Crippen molar-refractivity contribution >= 4 is 24.2 Å². The second-order valence-electron chi connectivity index (χ2n) is 10.9. The number of ether oxygens (including phenoxy) is 5. The zero-order chi connectivity index (χ0) is 32.3. The van der Waals surface area contributed by atoms with Gasteiger partial charge >= 0.3 is 5.97 Å². The summed E-state index contributed by atoms with van der Waals surface area (Å²) in [5.74, 6) is 1.85. The summed E-state index contributed by atoms with van der Waals surface area (Å²) >= 11 is 0. The minimum atomic E-state index is -0.546. The SMILES string of the molecule is CNC(C(=O)OC)C(C)C.COc1ccc(C2Oc3c(OC)cc(/C=C/C(=O)NC(C)C(C)C)cc3C2C=O)cc1OC. The number of methoxy groups -OCH3 is 4. The third-order valence-electron chi connectivity index (χ3n) is 7.37. The maximum Gasteiger partial charge on any atom is 0.323 e. The first-order chi connectivity index (χ1) is 20.4. The Kier molecular flexibility index (Phi) is 13.5. The molecule has 10 heteroatoms. The molecule has 0 radical (unpaired) electrons. The normalized spacial score (nSPS) is 16.8. The molecule has 0 saturated heterocycles. The maximum atomic E-state index is 12.3. The molecule has 0 fully saturated rings. The zero-order valence-electron chi connectivity index (χ0n) is 26.8. The molecule has 1 aliphatic rings. The van der Waals surface area contributed by atoms with Crippen LogP contribution in [-0.2, 0) is 19.1 Å². The molecule has 2 N–H and O–H groups in total. The van der Waals surface area contributed by atoms with Crippen LogP contribution in [0.3, 0.4) is 0 Å². The van der Waals surface area contributed by atoms with Crippen molar-refractivity contribution in [3.8, 4) is 23.0 Å². The Morgan fingerprint density at radius 1 is 0.884 bits per heavy atom. The molecule has 4 unspecified atom stereocenters. The fraction of sp³-hybridized carbons (Fsp3) is 0.485. The van der Waals surface area contributed by atoms with Crippen molar-refractivity contribution in [1.82, 2.24) is 10.6 Å². The molecule has 0 spiro atoms. The predicted molar refractivity (Wildman–Crippen MR) is 166 cm³/mol. The summed E-state index contributed by atoms with van der Waals surface area (Å²) in [5, 5.41) is 5.82. The maximum absolute atomic E-state index is 12.3. The molecule has 1 aliphatic heterocycles. The number of nitrogens with one attached hydrogen (secondary N) is 2. The summed E-state index contributed by atoms with van der Waals surface area (Å²) in [5.41, 5.74) is 2.23. The van der Waals surface area contributed by atoms with Gasteiger partial charge in [0, 0.05) is 17.7 Å². The van der Waals surface area contributed by atoms with Gasteiger partial charge in [0.25, 0.3) is 0 Å². The number of aldehydes is 1. The van der Waals surface area contributed by atoms with Crippen LogP contribution in [0.25, 0.3) is 6.08 Å². The number of carbonyl (C=O) groups is 3. The van der Waals surface area contributed by atoms with Gasteiger partial charge in [-0.2, -0.15) is 0 Å². The molecule has 0 bridgehead atoms. The minimum Gasteiger partial charge on any atom is -0.493 e. The van der Waals surface area contributed by atoms with E-state index in [4.69, 9.17) is 18.9 Å². The van der Waals surface area contributed by atoms with Crippen molar-refractivity contribution in [2.24, 2.45) is 11.8 Å². The van der Waals surface area contributed by atoms with Gasteiger partial charge in [0.1, 0.15) is 18.4 Å².